The molecule has 0 saturated carbocycles. The van der Waals surface area contributed by atoms with Gasteiger partial charge in [0, 0.05) is 44.3 Å². The van der Waals surface area contributed by atoms with E-state index in [9.17, 15) is 61.3 Å². The molecule has 3 aromatic heterocycles. The predicted octanol–water partition coefficient (Wildman–Crippen LogP) is 2.96. The van der Waals surface area contributed by atoms with Gasteiger partial charge in [-0.1, -0.05) is 66.7 Å². The van der Waals surface area contributed by atoms with Gasteiger partial charge in [0.25, 0.3) is 0 Å². The highest BCUT2D eigenvalue weighted by atomic mass is 16.7. The average molecular weight is 1410 g/mol. The van der Waals surface area contributed by atoms with E-state index in [-0.39, 0.29) is 79.3 Å². The van der Waals surface area contributed by atoms with Gasteiger partial charge in [0.05, 0.1) is 102 Å². The van der Waals surface area contributed by atoms with Crippen molar-refractivity contribution < 1.29 is 118 Å². The molecule has 8 bridgehead atoms. The number of ether oxygens (including phenoxy) is 12. The quantitative estimate of drug-likeness (QED) is 0.0278. The van der Waals surface area contributed by atoms with Crippen molar-refractivity contribution in [3.63, 3.8) is 0 Å². The fraction of sp³-hybridized carbons (Fsp3) is 0.405. The first-order chi connectivity index (χ1) is 49.7. The maximum Gasteiger partial charge on any atom is 0.186 e. The predicted molar refractivity (Wildman–Crippen MR) is 369 cm³/mol. The van der Waals surface area contributed by atoms with Gasteiger partial charge in [0.1, 0.15) is 110 Å². The van der Waals surface area contributed by atoms with E-state index >= 15 is 0 Å². The summed E-state index contributed by atoms with van der Waals surface area (Å²) < 4.78 is 68.4. The second-order valence-electron chi connectivity index (χ2n) is 24.5. The molecule has 544 valence electrons. The summed E-state index contributed by atoms with van der Waals surface area (Å²) in [5.74, 6) is 1.72. The zero-order chi connectivity index (χ0) is 71.2. The van der Waals surface area contributed by atoms with Crippen LogP contribution >= 0.6 is 0 Å². The summed E-state index contributed by atoms with van der Waals surface area (Å²) in [5.41, 5.74) is 12.4. The van der Waals surface area contributed by atoms with E-state index in [4.69, 9.17) is 66.8 Å². The average Bonchev–Trinajstić information content (AvgIpc) is 1.61. The molecule has 5 aliphatic heterocycles. The highest BCUT2D eigenvalue weighted by molar-refractivity contribution is 6.00. The highest BCUT2D eigenvalue weighted by Crippen LogP contribution is 2.40. The van der Waals surface area contributed by atoms with E-state index in [0.29, 0.717) is 40.0 Å². The van der Waals surface area contributed by atoms with E-state index < -0.39 is 112 Å². The summed E-state index contributed by atoms with van der Waals surface area (Å²) in [4.78, 5) is 18.5. The summed E-state index contributed by atoms with van der Waals surface area (Å²) >= 11 is 0. The number of hydrogen-bond donors (Lipinski definition) is 14. The Morgan fingerprint density at radius 2 is 0.578 bits per heavy atom. The lowest BCUT2D eigenvalue weighted by atomic mass is 9.99. The minimum atomic E-state index is -1.56. The van der Waals surface area contributed by atoms with E-state index in [1.165, 1.54) is 0 Å². The van der Waals surface area contributed by atoms with E-state index in [1.807, 2.05) is 127 Å². The van der Waals surface area contributed by atoms with Gasteiger partial charge < -0.3 is 128 Å². The second kappa shape index (κ2) is 35.0. The molecule has 7 aromatic rings. The number of fused-ring (bicyclic) bond motifs is 8. The number of hydrogen-bond acceptors (Lipinski definition) is 26. The smallest absolute Gasteiger partial charge is 0.186 e. The number of nitrogens with one attached hydrogen (secondary N) is 2. The van der Waals surface area contributed by atoms with Crippen molar-refractivity contribution in [2.45, 2.75) is 92.1 Å². The largest absolute Gasteiger partial charge is 0.491 e. The molecule has 12 rings (SSSR count). The number of nitrogens with zero attached hydrogens (tertiary/aromatic N) is 2. The number of aromatic nitrogens is 4. The van der Waals surface area contributed by atoms with Crippen LogP contribution in [-0.2, 0) is 42.6 Å². The summed E-state index contributed by atoms with van der Waals surface area (Å²) in [7, 11) is 0. The van der Waals surface area contributed by atoms with Gasteiger partial charge >= 0.3 is 0 Å². The number of H-pyrrole nitrogens is 2. The molecule has 102 heavy (non-hydrogen) atoms. The summed E-state index contributed by atoms with van der Waals surface area (Å²) in [6.07, 6.45) is -12.9. The van der Waals surface area contributed by atoms with Gasteiger partial charge in [-0.25, -0.2) is 9.97 Å². The van der Waals surface area contributed by atoms with Crippen LogP contribution < -0.4 is 14.2 Å². The molecular formula is C74H84N4O24. The molecular weight excluding hydrogens is 1330 g/mol. The lowest BCUT2D eigenvalue weighted by Gasteiger charge is -2.39. The maximum absolute atomic E-state index is 10.3. The zero-order valence-electron chi connectivity index (χ0n) is 55.4. The summed E-state index contributed by atoms with van der Waals surface area (Å²) in [6, 6.07) is 41.2. The maximum atomic E-state index is 10.3. The van der Waals surface area contributed by atoms with E-state index in [0.717, 1.165) is 66.6 Å². The van der Waals surface area contributed by atoms with Crippen molar-refractivity contribution in [3.8, 4) is 61.8 Å². The standard InChI is InChI=1S/C74H84N4O24/c79-38-56-63(82)66(85)69(88)72(100-56)97-35-29-91-26-32-94-45-12-6-42(7-13-45)60-50-20-18-48(75-50)59(41-4-2-1-3-5-41)49-19-21-51(76-49)61(43-8-14-46(15-9-43)95-33-27-92-30-36-98-73-70(89)67(86)64(83)57(39-80)101-73)53-23-25-55(78-53)62(54-24-22-52(60)77-54)44-10-16-47(17-11-44)96-34-28-93-31-37-99-74-71(90)68(87)65(84)58(40-81)102-74/h1-25,56-58,63-76,79-90H,26-40H2/t56-,57-,58-,63+,64+,65+,66+,67+,68+,69-,70-,71-,72+,73+,74+/m1/s1. The van der Waals surface area contributed by atoms with Crippen molar-refractivity contribution >= 4 is 46.4 Å². The molecule has 0 amide bonds. The number of aliphatic hydroxyl groups excluding tert-OH is 12. The molecule has 14 N–H and O–H groups in total. The molecule has 28 heteroatoms. The Balaban J connectivity index is 0.817. The number of benzene rings is 4. The van der Waals surface area contributed by atoms with Gasteiger partial charge in [0.2, 0.25) is 0 Å². The Bertz CT molecular complexity index is 3890. The van der Waals surface area contributed by atoms with Crippen molar-refractivity contribution in [2.24, 2.45) is 0 Å². The van der Waals surface area contributed by atoms with Gasteiger partial charge in [-0.2, -0.15) is 0 Å². The number of aliphatic hydroxyl groups is 12. The van der Waals surface area contributed by atoms with Crippen molar-refractivity contribution in [1.29, 1.82) is 0 Å². The Labute approximate surface area is 585 Å². The molecule has 0 spiro atoms. The van der Waals surface area contributed by atoms with E-state index in [2.05, 4.69) is 34.2 Å². The number of aromatic amines is 2. The third-order valence-electron chi connectivity index (χ3n) is 17.8. The first-order valence-electron chi connectivity index (χ1n) is 33.6. The molecule has 0 unspecified atom stereocenters. The van der Waals surface area contributed by atoms with Crippen LogP contribution in [0.25, 0.3) is 90.9 Å². The molecule has 4 aromatic carbocycles. The molecule has 3 fully saturated rings. The zero-order valence-corrected chi connectivity index (χ0v) is 55.4. The fourth-order valence-electron chi connectivity index (χ4n) is 12.4. The topological polar surface area (TPSA) is 411 Å². The van der Waals surface area contributed by atoms with E-state index in [1.54, 1.807) is 0 Å². The normalized spacial score (nSPS) is 25.6. The summed E-state index contributed by atoms with van der Waals surface area (Å²) in [5, 5.41) is 120. The van der Waals surface area contributed by atoms with Gasteiger partial charge in [-0.05, 0) is 107 Å². The van der Waals surface area contributed by atoms with Crippen molar-refractivity contribution in [3.05, 3.63) is 150 Å². The Morgan fingerprint density at radius 3 is 0.902 bits per heavy atom. The molecule has 3 saturated heterocycles. The molecule has 15 atom stereocenters. The summed E-state index contributed by atoms with van der Waals surface area (Å²) in [6.45, 7) is -0.336. The Hall–Kier alpha value is -7.96. The highest BCUT2D eigenvalue weighted by Gasteiger charge is 2.46. The Morgan fingerprint density at radius 1 is 0.294 bits per heavy atom. The third kappa shape index (κ3) is 17.3. The first-order valence-corrected chi connectivity index (χ1v) is 33.6. The lowest BCUT2D eigenvalue weighted by Crippen LogP contribution is -2.59. The SMILES string of the molecule is OC[C@H]1O[C@H](OCCOCCOc2ccc(-c3c4nc(c(-c5ccc(OCCOCCO[C@H]6O[C@H](CO)[C@H](O)[C@H](O)[C@H]6O)cc5)c5ccc([nH]5)c(-c5ccccc5)c5ccc([nH]5)c(-c5ccc(OCCOCCO[C@H]6O[C@H](CO)[C@H](O)[C@H](O)[C@H]6O)cc5)c5nc3C=C5)C=C4)cc2)[C@H](O)[C@@H](O)[C@H]1O. The minimum Gasteiger partial charge on any atom is -0.491 e. The molecule has 0 aliphatic carbocycles. The van der Waals surface area contributed by atoms with Gasteiger partial charge in [0.15, 0.2) is 18.9 Å². The first kappa shape index (κ1) is 73.8. The molecule has 0 radical (unpaired) electrons. The van der Waals surface area contributed by atoms with Crippen LogP contribution in [0.5, 0.6) is 17.2 Å². The molecule has 8 heterocycles. The molecule has 5 aliphatic rings. The van der Waals surface area contributed by atoms with Crippen LogP contribution in [0.1, 0.15) is 22.8 Å². The fourth-order valence-corrected chi connectivity index (χ4v) is 12.4. The van der Waals surface area contributed by atoms with Gasteiger partial charge in [-0.3, -0.25) is 0 Å². The van der Waals surface area contributed by atoms with Crippen LogP contribution in [0.15, 0.2) is 127 Å². The minimum absolute atomic E-state index is 0.00754. The van der Waals surface area contributed by atoms with Crippen LogP contribution in [0.2, 0.25) is 0 Å². The van der Waals surface area contributed by atoms with Crippen molar-refractivity contribution in [2.75, 3.05) is 99.1 Å². The van der Waals surface area contributed by atoms with Crippen LogP contribution in [0, 0.1) is 0 Å². The molecule has 28 nitrogen and oxygen atoms in total. The van der Waals surface area contributed by atoms with Crippen LogP contribution in [0.3, 0.4) is 0 Å². The van der Waals surface area contributed by atoms with Crippen LogP contribution in [-0.4, -0.2) is 272 Å². The second-order valence-corrected chi connectivity index (χ2v) is 24.5. The van der Waals surface area contributed by atoms with Crippen molar-refractivity contribution in [1.82, 2.24) is 19.9 Å². The third-order valence-corrected chi connectivity index (χ3v) is 17.8. The Kier molecular flexibility index (Phi) is 25.3. The number of rotatable bonds is 31. The van der Waals surface area contributed by atoms with Crippen LogP contribution in [0.4, 0.5) is 0 Å². The van der Waals surface area contributed by atoms with Gasteiger partial charge in [-0.15, -0.1) is 0 Å². The lowest BCUT2D eigenvalue weighted by molar-refractivity contribution is -0.302. The monoisotopic (exact) mass is 1410 g/mol.